The molecule has 0 aliphatic carbocycles. The van der Waals surface area contributed by atoms with Gasteiger partial charge in [0.1, 0.15) is 11.6 Å². The molecule has 0 fully saturated rings. The molecule has 3 aromatic rings. The van der Waals surface area contributed by atoms with Gasteiger partial charge in [0.25, 0.3) is 5.95 Å². The summed E-state index contributed by atoms with van der Waals surface area (Å²) in [6, 6.07) is 9.75. The zero-order valence-electron chi connectivity index (χ0n) is 11.7. The summed E-state index contributed by atoms with van der Waals surface area (Å²) in [5.41, 5.74) is 8.88. The van der Waals surface area contributed by atoms with Gasteiger partial charge < -0.3 is 5.73 Å². The van der Waals surface area contributed by atoms with Crippen molar-refractivity contribution >= 4 is 5.82 Å². The highest BCUT2D eigenvalue weighted by molar-refractivity contribution is 5.63. The lowest BCUT2D eigenvalue weighted by atomic mass is 10.1. The molecule has 21 heavy (non-hydrogen) atoms. The van der Waals surface area contributed by atoms with Crippen LogP contribution in [0, 0.1) is 19.7 Å². The van der Waals surface area contributed by atoms with Crippen molar-refractivity contribution in [2.24, 2.45) is 0 Å². The van der Waals surface area contributed by atoms with Crippen molar-refractivity contribution in [3.63, 3.8) is 0 Å². The number of anilines is 1. The number of aryl methyl sites for hydroxylation is 2. The Kier molecular flexibility index (Phi) is 3.13. The van der Waals surface area contributed by atoms with Gasteiger partial charge >= 0.3 is 0 Å². The number of halogens is 1. The van der Waals surface area contributed by atoms with Gasteiger partial charge in [0.15, 0.2) is 0 Å². The predicted molar refractivity (Wildman–Crippen MR) is 78.4 cm³/mol. The third-order valence-corrected chi connectivity index (χ3v) is 3.02. The molecule has 0 unspecified atom stereocenters. The van der Waals surface area contributed by atoms with Gasteiger partial charge in [-0.05, 0) is 32.0 Å². The smallest absolute Gasteiger partial charge is 0.252 e. The van der Waals surface area contributed by atoms with E-state index in [1.54, 1.807) is 18.2 Å². The molecular weight excluding hydrogens is 269 g/mol. The molecule has 0 atom stereocenters. The highest BCUT2D eigenvalue weighted by atomic mass is 19.1. The third-order valence-electron chi connectivity index (χ3n) is 3.02. The first-order chi connectivity index (χ1) is 10.0. The number of hydrogen-bond donors (Lipinski definition) is 1. The summed E-state index contributed by atoms with van der Waals surface area (Å²) in [6.07, 6.45) is 0. The molecule has 1 aromatic carbocycles. The predicted octanol–water partition coefficient (Wildman–Crippen LogP) is 2.67. The zero-order chi connectivity index (χ0) is 15.0. The number of nitrogen functional groups attached to an aromatic ring is 1. The van der Waals surface area contributed by atoms with Crippen molar-refractivity contribution in [1.82, 2.24) is 19.7 Å². The fourth-order valence-corrected chi connectivity index (χ4v) is 2.15. The van der Waals surface area contributed by atoms with E-state index in [2.05, 4.69) is 15.1 Å². The lowest BCUT2D eigenvalue weighted by Crippen LogP contribution is -2.08. The molecule has 3 rings (SSSR count). The van der Waals surface area contributed by atoms with Crippen LogP contribution in [0.25, 0.3) is 17.2 Å². The molecule has 2 aromatic heterocycles. The van der Waals surface area contributed by atoms with Crippen LogP contribution in [-0.4, -0.2) is 19.7 Å². The molecule has 0 radical (unpaired) electrons. The second-order valence-electron chi connectivity index (χ2n) is 4.83. The molecule has 2 heterocycles. The summed E-state index contributed by atoms with van der Waals surface area (Å²) in [4.78, 5) is 8.65. The van der Waals surface area contributed by atoms with Crippen molar-refractivity contribution in [3.8, 4) is 17.2 Å². The summed E-state index contributed by atoms with van der Waals surface area (Å²) in [7, 11) is 0. The van der Waals surface area contributed by atoms with E-state index in [1.165, 1.54) is 16.8 Å². The van der Waals surface area contributed by atoms with Crippen LogP contribution in [0.5, 0.6) is 0 Å². The summed E-state index contributed by atoms with van der Waals surface area (Å²) >= 11 is 0. The van der Waals surface area contributed by atoms with E-state index in [0.717, 1.165) is 11.4 Å². The lowest BCUT2D eigenvalue weighted by molar-refractivity contribution is 0.628. The molecule has 6 heteroatoms. The van der Waals surface area contributed by atoms with Crippen LogP contribution in [0.1, 0.15) is 11.4 Å². The third kappa shape index (κ3) is 2.60. The van der Waals surface area contributed by atoms with Gasteiger partial charge in [-0.3, -0.25) is 0 Å². The van der Waals surface area contributed by atoms with Crippen LogP contribution in [0.3, 0.4) is 0 Å². The van der Waals surface area contributed by atoms with Gasteiger partial charge in [-0.25, -0.2) is 14.4 Å². The van der Waals surface area contributed by atoms with E-state index in [0.29, 0.717) is 23.0 Å². The van der Waals surface area contributed by atoms with Crippen LogP contribution in [0.2, 0.25) is 0 Å². The normalized spacial score (nSPS) is 10.8. The van der Waals surface area contributed by atoms with E-state index < -0.39 is 0 Å². The Morgan fingerprint density at radius 3 is 2.43 bits per heavy atom. The Labute approximate surface area is 121 Å². The SMILES string of the molecule is Cc1cc(C)nc(-n2nc(-c3cccc(F)c3)cc2N)n1. The van der Waals surface area contributed by atoms with Crippen LogP contribution < -0.4 is 5.73 Å². The van der Waals surface area contributed by atoms with E-state index >= 15 is 0 Å². The summed E-state index contributed by atoms with van der Waals surface area (Å²) in [6.45, 7) is 3.76. The van der Waals surface area contributed by atoms with Crippen molar-refractivity contribution in [2.45, 2.75) is 13.8 Å². The molecule has 0 amide bonds. The number of rotatable bonds is 2. The van der Waals surface area contributed by atoms with Gasteiger partial charge in [0.2, 0.25) is 0 Å². The van der Waals surface area contributed by atoms with Crippen LogP contribution in [0.15, 0.2) is 36.4 Å². The maximum Gasteiger partial charge on any atom is 0.252 e. The highest BCUT2D eigenvalue weighted by Gasteiger charge is 2.12. The molecule has 0 bridgehead atoms. The zero-order valence-corrected chi connectivity index (χ0v) is 11.7. The number of nitrogens with two attached hydrogens (primary N) is 1. The van der Waals surface area contributed by atoms with Gasteiger partial charge in [-0.2, -0.15) is 9.78 Å². The summed E-state index contributed by atoms with van der Waals surface area (Å²) in [5.74, 6) is 0.496. The van der Waals surface area contributed by atoms with Crippen LogP contribution in [0.4, 0.5) is 10.2 Å². The second-order valence-corrected chi connectivity index (χ2v) is 4.83. The molecule has 0 aliphatic rings. The van der Waals surface area contributed by atoms with Crippen LogP contribution >= 0.6 is 0 Å². The Morgan fingerprint density at radius 1 is 1.05 bits per heavy atom. The van der Waals surface area contributed by atoms with Gasteiger partial charge in [0, 0.05) is 23.0 Å². The van der Waals surface area contributed by atoms with Crippen molar-refractivity contribution < 1.29 is 4.39 Å². The maximum absolute atomic E-state index is 13.3. The minimum absolute atomic E-state index is 0.316. The highest BCUT2D eigenvalue weighted by Crippen LogP contribution is 2.22. The molecular formula is C15H14FN5. The first kappa shape index (κ1) is 13.2. The topological polar surface area (TPSA) is 69.6 Å². The minimum Gasteiger partial charge on any atom is -0.383 e. The first-order valence-electron chi connectivity index (χ1n) is 6.47. The molecule has 0 spiro atoms. The van der Waals surface area contributed by atoms with E-state index in [-0.39, 0.29) is 5.82 Å². The molecule has 2 N–H and O–H groups in total. The Morgan fingerprint density at radius 2 is 1.76 bits per heavy atom. The summed E-state index contributed by atoms with van der Waals surface area (Å²) in [5, 5.41) is 4.37. The average Bonchev–Trinajstić information content (AvgIpc) is 2.80. The standard InChI is InChI=1S/C15H14FN5/c1-9-6-10(2)19-15(18-9)21-14(17)8-13(20-21)11-4-3-5-12(16)7-11/h3-8H,17H2,1-2H3. The molecule has 0 aliphatic heterocycles. The maximum atomic E-state index is 13.3. The number of nitrogens with zero attached hydrogens (tertiary/aromatic N) is 4. The van der Waals surface area contributed by atoms with E-state index in [4.69, 9.17) is 5.73 Å². The Hall–Kier alpha value is -2.76. The number of hydrogen-bond acceptors (Lipinski definition) is 4. The minimum atomic E-state index is -0.316. The number of benzene rings is 1. The molecule has 106 valence electrons. The first-order valence-corrected chi connectivity index (χ1v) is 6.47. The van der Waals surface area contributed by atoms with E-state index in [1.807, 2.05) is 19.9 Å². The van der Waals surface area contributed by atoms with Crippen molar-refractivity contribution in [3.05, 3.63) is 53.6 Å². The fraction of sp³-hybridized carbons (Fsp3) is 0.133. The molecule has 5 nitrogen and oxygen atoms in total. The van der Waals surface area contributed by atoms with Crippen LogP contribution in [-0.2, 0) is 0 Å². The van der Waals surface area contributed by atoms with Gasteiger partial charge in [0.05, 0.1) is 5.69 Å². The Bertz CT molecular complexity index is 789. The van der Waals surface area contributed by atoms with Gasteiger partial charge in [-0.1, -0.05) is 12.1 Å². The van der Waals surface area contributed by atoms with Gasteiger partial charge in [-0.15, -0.1) is 0 Å². The van der Waals surface area contributed by atoms with Crippen molar-refractivity contribution in [1.29, 1.82) is 0 Å². The second kappa shape index (κ2) is 4.97. The molecule has 0 saturated carbocycles. The van der Waals surface area contributed by atoms with E-state index in [9.17, 15) is 4.39 Å². The van der Waals surface area contributed by atoms with Crippen molar-refractivity contribution in [2.75, 3.05) is 5.73 Å². The quantitative estimate of drug-likeness (QED) is 0.785. The average molecular weight is 283 g/mol. The Balaban J connectivity index is 2.09. The monoisotopic (exact) mass is 283 g/mol. The largest absolute Gasteiger partial charge is 0.383 e. The summed E-state index contributed by atoms with van der Waals surface area (Å²) < 4.78 is 14.8. The molecule has 0 saturated heterocycles. The number of aromatic nitrogens is 4. The fourth-order valence-electron chi connectivity index (χ4n) is 2.15. The lowest BCUT2D eigenvalue weighted by Gasteiger charge is -2.04.